The molecule has 1 N–H and O–H groups in total. The number of carbonyl (C=O) groups excluding carboxylic acids is 1. The number of benzene rings is 3. The number of carbonyl (C=O) groups is 1. The maximum atomic E-state index is 13.5. The van der Waals surface area contributed by atoms with Gasteiger partial charge in [0.15, 0.2) is 0 Å². The number of hydrogen-bond acceptors (Lipinski definition) is 3. The molecule has 150 valence electrons. The van der Waals surface area contributed by atoms with Gasteiger partial charge < -0.3 is 15.0 Å². The lowest BCUT2D eigenvalue weighted by atomic mass is 9.74. The van der Waals surface area contributed by atoms with Crippen LogP contribution in [0.4, 0.5) is 11.4 Å². The fourth-order valence-corrected chi connectivity index (χ4v) is 4.79. The molecule has 2 aliphatic rings. The molecule has 0 saturated carbocycles. The first-order chi connectivity index (χ1) is 14.7. The van der Waals surface area contributed by atoms with E-state index in [1.165, 1.54) is 11.1 Å². The lowest BCUT2D eigenvalue weighted by Gasteiger charge is -2.31. The van der Waals surface area contributed by atoms with Gasteiger partial charge in [-0.3, -0.25) is 4.79 Å². The highest BCUT2D eigenvalue weighted by Gasteiger charge is 2.49. The molecule has 4 heteroatoms. The fourth-order valence-electron chi connectivity index (χ4n) is 4.79. The van der Waals surface area contributed by atoms with Crippen LogP contribution in [-0.4, -0.2) is 19.6 Å². The van der Waals surface area contributed by atoms with Gasteiger partial charge in [-0.1, -0.05) is 66.7 Å². The standard InChI is InChI=1S/C26H24N2O2/c1-30-17-15-26(21-11-5-6-13-23(21)27-25(26)29)22-12-7-10-20-14-16-28(24(20)22)18-19-8-3-2-4-9-19/h2-13,15,17H,14,16,18H2,1H3,(H,27,29)/b17-15+/t26-/m1/s1. The van der Waals surface area contributed by atoms with Crippen molar-refractivity contribution in [1.29, 1.82) is 0 Å². The van der Waals surface area contributed by atoms with Gasteiger partial charge in [0, 0.05) is 24.5 Å². The van der Waals surface area contributed by atoms with Gasteiger partial charge in [-0.25, -0.2) is 0 Å². The minimum absolute atomic E-state index is 0.0445. The van der Waals surface area contributed by atoms with Crippen LogP contribution in [0.1, 0.15) is 22.3 Å². The largest absolute Gasteiger partial charge is 0.505 e. The zero-order chi connectivity index (χ0) is 20.6. The molecule has 0 fully saturated rings. The van der Waals surface area contributed by atoms with Gasteiger partial charge in [-0.05, 0) is 40.8 Å². The van der Waals surface area contributed by atoms with Crippen LogP contribution in [0.25, 0.3) is 0 Å². The van der Waals surface area contributed by atoms with E-state index in [0.717, 1.165) is 42.0 Å². The van der Waals surface area contributed by atoms with Gasteiger partial charge in [-0.15, -0.1) is 0 Å². The van der Waals surface area contributed by atoms with Crippen LogP contribution in [0.15, 0.2) is 85.1 Å². The number of amides is 1. The van der Waals surface area contributed by atoms with Crippen molar-refractivity contribution in [2.75, 3.05) is 23.9 Å². The van der Waals surface area contributed by atoms with E-state index in [2.05, 4.69) is 52.7 Å². The van der Waals surface area contributed by atoms with E-state index in [0.29, 0.717) is 0 Å². The summed E-state index contributed by atoms with van der Waals surface area (Å²) in [6.45, 7) is 1.76. The third-order valence-corrected chi connectivity index (χ3v) is 6.14. The molecule has 0 unspecified atom stereocenters. The molecule has 5 rings (SSSR count). The van der Waals surface area contributed by atoms with E-state index in [4.69, 9.17) is 4.74 Å². The van der Waals surface area contributed by atoms with Gasteiger partial charge in [0.2, 0.25) is 5.91 Å². The van der Waals surface area contributed by atoms with Crippen LogP contribution in [-0.2, 0) is 27.9 Å². The Bertz CT molecular complexity index is 1120. The number of nitrogens with one attached hydrogen (secondary N) is 1. The summed E-state index contributed by atoms with van der Waals surface area (Å²) < 4.78 is 5.28. The molecule has 0 spiro atoms. The van der Waals surface area contributed by atoms with Gasteiger partial charge in [-0.2, -0.15) is 0 Å². The molecule has 30 heavy (non-hydrogen) atoms. The fraction of sp³-hybridized carbons (Fsp3) is 0.192. The van der Waals surface area contributed by atoms with Gasteiger partial charge in [0.05, 0.1) is 13.4 Å². The summed E-state index contributed by atoms with van der Waals surface area (Å²) in [4.78, 5) is 15.9. The predicted molar refractivity (Wildman–Crippen MR) is 120 cm³/mol. The van der Waals surface area contributed by atoms with E-state index in [1.54, 1.807) is 13.4 Å². The number of para-hydroxylation sites is 2. The summed E-state index contributed by atoms with van der Waals surface area (Å²) in [5, 5.41) is 3.09. The Labute approximate surface area is 176 Å². The van der Waals surface area contributed by atoms with Gasteiger partial charge >= 0.3 is 0 Å². The van der Waals surface area contributed by atoms with Crippen LogP contribution in [0.3, 0.4) is 0 Å². The molecule has 3 aromatic rings. The van der Waals surface area contributed by atoms with Crippen molar-refractivity contribution < 1.29 is 9.53 Å². The highest BCUT2D eigenvalue weighted by Crippen LogP contribution is 2.49. The second-order valence-corrected chi connectivity index (χ2v) is 7.82. The molecule has 2 heterocycles. The number of nitrogens with zero attached hydrogens (tertiary/aromatic N) is 1. The number of rotatable bonds is 5. The molecule has 0 bridgehead atoms. The van der Waals surface area contributed by atoms with Crippen LogP contribution < -0.4 is 10.2 Å². The topological polar surface area (TPSA) is 41.6 Å². The van der Waals surface area contributed by atoms with Gasteiger partial charge in [0.25, 0.3) is 0 Å². The Hall–Kier alpha value is -3.53. The Balaban J connectivity index is 1.69. The van der Waals surface area contributed by atoms with E-state index >= 15 is 0 Å². The van der Waals surface area contributed by atoms with Crippen LogP contribution in [0.2, 0.25) is 0 Å². The third-order valence-electron chi connectivity index (χ3n) is 6.14. The van der Waals surface area contributed by atoms with Crippen molar-refractivity contribution in [2.24, 2.45) is 0 Å². The van der Waals surface area contributed by atoms with Crippen molar-refractivity contribution in [2.45, 2.75) is 18.4 Å². The SMILES string of the molecule is CO/C=C/[C@@]1(c2cccc3c2N(Cc2ccccc2)CC3)C(=O)Nc2ccccc21. The van der Waals surface area contributed by atoms with Crippen molar-refractivity contribution >= 4 is 17.3 Å². The molecular weight excluding hydrogens is 372 g/mol. The van der Waals surface area contributed by atoms with E-state index in [9.17, 15) is 4.79 Å². The molecule has 3 aromatic carbocycles. The van der Waals surface area contributed by atoms with Crippen molar-refractivity contribution in [3.05, 3.63) is 107 Å². The Morgan fingerprint density at radius 2 is 1.77 bits per heavy atom. The summed E-state index contributed by atoms with van der Waals surface area (Å²) >= 11 is 0. The first kappa shape index (κ1) is 18.5. The zero-order valence-corrected chi connectivity index (χ0v) is 17.0. The summed E-state index contributed by atoms with van der Waals surface area (Å²) in [5.74, 6) is -0.0445. The molecule has 0 saturated heterocycles. The molecule has 4 nitrogen and oxygen atoms in total. The Kier molecular flexibility index (Phi) is 4.55. The Morgan fingerprint density at radius 1 is 1.00 bits per heavy atom. The average Bonchev–Trinajstić information content (AvgIpc) is 3.31. The van der Waals surface area contributed by atoms with E-state index < -0.39 is 5.41 Å². The maximum Gasteiger partial charge on any atom is 0.243 e. The van der Waals surface area contributed by atoms with Gasteiger partial charge in [0.1, 0.15) is 5.41 Å². The third kappa shape index (κ3) is 2.79. The van der Waals surface area contributed by atoms with E-state index in [1.807, 2.05) is 36.4 Å². The smallest absolute Gasteiger partial charge is 0.243 e. The molecule has 0 aromatic heterocycles. The van der Waals surface area contributed by atoms with Crippen LogP contribution >= 0.6 is 0 Å². The molecule has 1 atom stereocenters. The highest BCUT2D eigenvalue weighted by molar-refractivity contribution is 6.11. The first-order valence-corrected chi connectivity index (χ1v) is 10.3. The number of ether oxygens (including phenoxy) is 1. The van der Waals surface area contributed by atoms with Crippen LogP contribution in [0.5, 0.6) is 0 Å². The molecule has 0 aliphatic carbocycles. The average molecular weight is 396 g/mol. The second kappa shape index (κ2) is 7.38. The summed E-state index contributed by atoms with van der Waals surface area (Å²) in [6.07, 6.45) is 4.49. The number of anilines is 2. The summed E-state index contributed by atoms with van der Waals surface area (Å²) in [5.41, 5.74) is 5.61. The lowest BCUT2D eigenvalue weighted by molar-refractivity contribution is -0.118. The van der Waals surface area contributed by atoms with E-state index in [-0.39, 0.29) is 5.91 Å². The molecular formula is C26H24N2O2. The summed E-state index contributed by atoms with van der Waals surface area (Å²) in [6, 6.07) is 24.7. The number of hydrogen-bond donors (Lipinski definition) is 1. The normalized spacial score (nSPS) is 19.6. The molecule has 0 radical (unpaired) electrons. The van der Waals surface area contributed by atoms with Crippen LogP contribution in [0, 0.1) is 0 Å². The van der Waals surface area contributed by atoms with Crippen molar-refractivity contribution in [3.63, 3.8) is 0 Å². The lowest BCUT2D eigenvalue weighted by Crippen LogP contribution is -2.35. The predicted octanol–water partition coefficient (Wildman–Crippen LogP) is 4.65. The zero-order valence-electron chi connectivity index (χ0n) is 17.0. The van der Waals surface area contributed by atoms with Crippen molar-refractivity contribution in [1.82, 2.24) is 0 Å². The minimum Gasteiger partial charge on any atom is -0.505 e. The van der Waals surface area contributed by atoms with Crippen molar-refractivity contribution in [3.8, 4) is 0 Å². The minimum atomic E-state index is -0.919. The molecule has 1 amide bonds. The molecule has 2 aliphatic heterocycles. The maximum absolute atomic E-state index is 13.5. The quantitative estimate of drug-likeness (QED) is 0.639. The highest BCUT2D eigenvalue weighted by atomic mass is 16.5. The first-order valence-electron chi connectivity index (χ1n) is 10.3. The number of fused-ring (bicyclic) bond motifs is 2. The second-order valence-electron chi connectivity index (χ2n) is 7.82. The monoisotopic (exact) mass is 396 g/mol. The summed E-state index contributed by atoms with van der Waals surface area (Å²) in [7, 11) is 1.61. The Morgan fingerprint density at radius 3 is 2.60 bits per heavy atom. The number of methoxy groups -OCH3 is 1.